The Labute approximate surface area is 105 Å². The van der Waals surface area contributed by atoms with E-state index in [1.807, 2.05) is 38.1 Å². The van der Waals surface area contributed by atoms with Gasteiger partial charge in [0.05, 0.1) is 6.20 Å². The Morgan fingerprint density at radius 1 is 1.39 bits per heavy atom. The van der Waals surface area contributed by atoms with Crippen LogP contribution >= 0.6 is 0 Å². The van der Waals surface area contributed by atoms with Crippen LogP contribution in [0.2, 0.25) is 0 Å². The van der Waals surface area contributed by atoms with E-state index in [1.165, 1.54) is 0 Å². The molecular weight excluding hydrogens is 230 g/mol. The summed E-state index contributed by atoms with van der Waals surface area (Å²) in [5.74, 6) is -0.260. The highest BCUT2D eigenvalue weighted by Crippen LogP contribution is 2.24. The average molecular weight is 245 g/mol. The van der Waals surface area contributed by atoms with E-state index < -0.39 is 5.97 Å². The lowest BCUT2D eigenvalue weighted by molar-refractivity contribution is -0.135. The first-order chi connectivity index (χ1) is 8.59. The summed E-state index contributed by atoms with van der Waals surface area (Å²) in [5, 5.41) is 18.9. The Morgan fingerprint density at radius 3 is 2.78 bits per heavy atom. The number of fused-ring (bicyclic) bond motifs is 1. The zero-order valence-corrected chi connectivity index (χ0v) is 10.4. The highest BCUT2D eigenvalue weighted by molar-refractivity contribution is 5.92. The normalized spacial score (nSPS) is 10.8. The SMILES string of the molecule is CC(C)N(CC(=O)O)c1nncc2ccccc12. The second-order valence-electron chi connectivity index (χ2n) is 4.37. The Morgan fingerprint density at radius 2 is 2.11 bits per heavy atom. The molecule has 0 fully saturated rings. The smallest absolute Gasteiger partial charge is 0.323 e. The molecule has 1 aromatic heterocycles. The zero-order valence-electron chi connectivity index (χ0n) is 10.4. The second kappa shape index (κ2) is 5.00. The van der Waals surface area contributed by atoms with E-state index in [0.29, 0.717) is 5.82 Å². The molecule has 5 heteroatoms. The summed E-state index contributed by atoms with van der Waals surface area (Å²) in [4.78, 5) is 12.7. The monoisotopic (exact) mass is 245 g/mol. The van der Waals surface area contributed by atoms with Crippen LogP contribution in [0.15, 0.2) is 30.5 Å². The molecule has 0 atom stereocenters. The maximum Gasteiger partial charge on any atom is 0.323 e. The van der Waals surface area contributed by atoms with Crippen molar-refractivity contribution in [1.82, 2.24) is 10.2 Å². The average Bonchev–Trinajstić information content (AvgIpc) is 2.35. The van der Waals surface area contributed by atoms with Gasteiger partial charge >= 0.3 is 5.97 Å². The van der Waals surface area contributed by atoms with Crippen LogP contribution in [-0.2, 0) is 4.79 Å². The first-order valence-electron chi connectivity index (χ1n) is 5.78. The van der Waals surface area contributed by atoms with Gasteiger partial charge < -0.3 is 10.0 Å². The fourth-order valence-electron chi connectivity index (χ4n) is 1.87. The van der Waals surface area contributed by atoms with Crippen molar-refractivity contribution in [2.75, 3.05) is 11.4 Å². The number of carboxylic acids is 1. The van der Waals surface area contributed by atoms with Crippen LogP contribution in [0.3, 0.4) is 0 Å². The van der Waals surface area contributed by atoms with Gasteiger partial charge in [-0.15, -0.1) is 5.10 Å². The minimum Gasteiger partial charge on any atom is -0.480 e. The summed E-state index contributed by atoms with van der Waals surface area (Å²) in [6, 6.07) is 7.74. The zero-order chi connectivity index (χ0) is 13.1. The van der Waals surface area contributed by atoms with Gasteiger partial charge in [0.2, 0.25) is 0 Å². The van der Waals surface area contributed by atoms with Crippen molar-refractivity contribution in [3.8, 4) is 0 Å². The van der Waals surface area contributed by atoms with E-state index in [2.05, 4.69) is 10.2 Å². The fourth-order valence-corrected chi connectivity index (χ4v) is 1.87. The first kappa shape index (κ1) is 12.3. The number of aromatic nitrogens is 2. The number of rotatable bonds is 4. The van der Waals surface area contributed by atoms with E-state index in [-0.39, 0.29) is 12.6 Å². The summed E-state index contributed by atoms with van der Waals surface area (Å²) < 4.78 is 0. The summed E-state index contributed by atoms with van der Waals surface area (Å²) in [6.07, 6.45) is 1.68. The molecule has 1 aromatic carbocycles. The minimum absolute atomic E-state index is 0.0428. The van der Waals surface area contributed by atoms with E-state index in [1.54, 1.807) is 11.1 Å². The molecule has 1 N–H and O–H groups in total. The molecule has 5 nitrogen and oxygen atoms in total. The molecule has 18 heavy (non-hydrogen) atoms. The third-order valence-corrected chi connectivity index (χ3v) is 2.75. The maximum atomic E-state index is 10.9. The van der Waals surface area contributed by atoms with Crippen LogP contribution in [0, 0.1) is 0 Å². The fraction of sp³-hybridized carbons (Fsp3) is 0.308. The van der Waals surface area contributed by atoms with Gasteiger partial charge in [0.15, 0.2) is 5.82 Å². The number of carboxylic acid groups (broad SMARTS) is 1. The predicted molar refractivity (Wildman–Crippen MR) is 69.7 cm³/mol. The van der Waals surface area contributed by atoms with Crippen LogP contribution in [-0.4, -0.2) is 33.9 Å². The molecule has 0 saturated carbocycles. The molecule has 94 valence electrons. The Bertz CT molecular complexity index is 564. The molecule has 0 spiro atoms. The maximum absolute atomic E-state index is 10.9. The van der Waals surface area contributed by atoms with Crippen molar-refractivity contribution < 1.29 is 9.90 Å². The van der Waals surface area contributed by atoms with Crippen molar-refractivity contribution in [3.63, 3.8) is 0 Å². The first-order valence-corrected chi connectivity index (χ1v) is 5.78. The molecule has 0 bridgehead atoms. The van der Waals surface area contributed by atoms with Gasteiger partial charge in [-0.1, -0.05) is 24.3 Å². The number of hydrogen-bond donors (Lipinski definition) is 1. The third-order valence-electron chi connectivity index (χ3n) is 2.75. The van der Waals surface area contributed by atoms with Crippen LogP contribution in [0.4, 0.5) is 5.82 Å². The molecule has 0 aliphatic carbocycles. The van der Waals surface area contributed by atoms with E-state index in [4.69, 9.17) is 5.11 Å². The highest BCUT2D eigenvalue weighted by atomic mass is 16.4. The largest absolute Gasteiger partial charge is 0.480 e. The molecule has 2 aromatic rings. The number of benzene rings is 1. The lowest BCUT2D eigenvalue weighted by Gasteiger charge is -2.26. The Kier molecular flexibility index (Phi) is 3.41. The molecule has 0 unspecified atom stereocenters. The highest BCUT2D eigenvalue weighted by Gasteiger charge is 2.18. The van der Waals surface area contributed by atoms with Gasteiger partial charge in [-0.2, -0.15) is 5.10 Å². The van der Waals surface area contributed by atoms with Gasteiger partial charge in [-0.05, 0) is 13.8 Å². The number of aliphatic carboxylic acids is 1. The van der Waals surface area contributed by atoms with Gasteiger partial charge in [-0.3, -0.25) is 4.79 Å². The summed E-state index contributed by atoms with van der Waals surface area (Å²) in [5.41, 5.74) is 0. The van der Waals surface area contributed by atoms with E-state index in [0.717, 1.165) is 10.8 Å². The van der Waals surface area contributed by atoms with Crippen molar-refractivity contribution >= 4 is 22.6 Å². The molecule has 2 rings (SSSR count). The molecule has 0 radical (unpaired) electrons. The van der Waals surface area contributed by atoms with Crippen LogP contribution < -0.4 is 4.90 Å². The van der Waals surface area contributed by atoms with Crippen molar-refractivity contribution in [3.05, 3.63) is 30.5 Å². The summed E-state index contributed by atoms with van der Waals surface area (Å²) in [7, 11) is 0. The number of hydrogen-bond acceptors (Lipinski definition) is 4. The summed E-state index contributed by atoms with van der Waals surface area (Å²) >= 11 is 0. The Hall–Kier alpha value is -2.17. The van der Waals surface area contributed by atoms with Gasteiger partial charge in [0.25, 0.3) is 0 Å². The van der Waals surface area contributed by atoms with Crippen molar-refractivity contribution in [1.29, 1.82) is 0 Å². The predicted octanol–water partition coefficient (Wildman–Crippen LogP) is 1.93. The van der Waals surface area contributed by atoms with Crippen molar-refractivity contribution in [2.45, 2.75) is 19.9 Å². The Balaban J connectivity index is 2.53. The minimum atomic E-state index is -0.876. The third kappa shape index (κ3) is 2.40. The van der Waals surface area contributed by atoms with Crippen LogP contribution in [0.5, 0.6) is 0 Å². The van der Waals surface area contributed by atoms with Crippen LogP contribution in [0.25, 0.3) is 10.8 Å². The molecular formula is C13H15N3O2. The molecule has 0 aliphatic rings. The van der Waals surface area contributed by atoms with Gasteiger partial charge in [-0.25, -0.2) is 0 Å². The molecule has 0 saturated heterocycles. The standard InChI is InChI=1S/C13H15N3O2/c1-9(2)16(8-12(17)18)13-11-6-4-3-5-10(11)7-14-15-13/h3-7,9H,8H2,1-2H3,(H,17,18). The van der Waals surface area contributed by atoms with Crippen molar-refractivity contribution in [2.24, 2.45) is 0 Å². The number of anilines is 1. The molecule has 0 aliphatic heterocycles. The molecule has 0 amide bonds. The lowest BCUT2D eigenvalue weighted by Crippen LogP contribution is -2.36. The number of carbonyl (C=O) groups is 1. The lowest BCUT2D eigenvalue weighted by atomic mass is 10.1. The topological polar surface area (TPSA) is 66.3 Å². The quantitative estimate of drug-likeness (QED) is 0.891. The number of nitrogens with zero attached hydrogens (tertiary/aromatic N) is 3. The van der Waals surface area contributed by atoms with E-state index >= 15 is 0 Å². The molecule has 1 heterocycles. The van der Waals surface area contributed by atoms with Crippen LogP contribution in [0.1, 0.15) is 13.8 Å². The van der Waals surface area contributed by atoms with E-state index in [9.17, 15) is 4.79 Å². The second-order valence-corrected chi connectivity index (χ2v) is 4.37. The van der Waals surface area contributed by atoms with Gasteiger partial charge in [0.1, 0.15) is 6.54 Å². The summed E-state index contributed by atoms with van der Waals surface area (Å²) in [6.45, 7) is 3.79. The van der Waals surface area contributed by atoms with Gasteiger partial charge in [0, 0.05) is 16.8 Å².